The number of rotatable bonds is 5. The topological polar surface area (TPSA) is 15.3 Å². The smallest absolute Gasteiger partial charge is 0.130 e. The van der Waals surface area contributed by atoms with Gasteiger partial charge in [-0.1, -0.05) is 13.0 Å². The highest BCUT2D eigenvalue weighted by Crippen LogP contribution is 2.26. The van der Waals surface area contributed by atoms with Crippen molar-refractivity contribution in [3.8, 4) is 0 Å². The van der Waals surface area contributed by atoms with Gasteiger partial charge in [0.05, 0.1) is 0 Å². The molecule has 1 aliphatic heterocycles. The average Bonchev–Trinajstić information content (AvgIpc) is 2.88. The molecule has 2 nitrogen and oxygen atoms in total. The second-order valence-corrected chi connectivity index (χ2v) is 5.19. The van der Waals surface area contributed by atoms with Gasteiger partial charge in [0.2, 0.25) is 0 Å². The minimum atomic E-state index is -0.453. The van der Waals surface area contributed by atoms with Crippen LogP contribution in [0.4, 0.5) is 8.78 Å². The molecule has 106 valence electrons. The highest BCUT2D eigenvalue weighted by Gasteiger charge is 2.24. The van der Waals surface area contributed by atoms with Crippen molar-refractivity contribution in [2.24, 2.45) is 0 Å². The van der Waals surface area contributed by atoms with Crippen LogP contribution in [0.25, 0.3) is 0 Å². The molecule has 1 aromatic carbocycles. The lowest BCUT2D eigenvalue weighted by Crippen LogP contribution is -2.39. The van der Waals surface area contributed by atoms with Gasteiger partial charge in [-0.25, -0.2) is 8.78 Å². The Balaban J connectivity index is 2.13. The van der Waals surface area contributed by atoms with Crippen LogP contribution in [-0.2, 0) is 0 Å². The average molecular weight is 268 g/mol. The summed E-state index contributed by atoms with van der Waals surface area (Å²) in [5, 5.41) is 3.43. The molecule has 0 saturated carbocycles. The van der Waals surface area contributed by atoms with Crippen molar-refractivity contribution >= 4 is 0 Å². The van der Waals surface area contributed by atoms with Crippen LogP contribution < -0.4 is 5.32 Å². The summed E-state index contributed by atoms with van der Waals surface area (Å²) in [6.07, 6.45) is 2.33. The maximum Gasteiger partial charge on any atom is 0.130 e. The molecule has 1 aliphatic rings. The van der Waals surface area contributed by atoms with E-state index in [1.54, 1.807) is 0 Å². The van der Waals surface area contributed by atoms with E-state index < -0.39 is 11.6 Å². The van der Waals surface area contributed by atoms with Gasteiger partial charge >= 0.3 is 0 Å². The summed E-state index contributed by atoms with van der Waals surface area (Å²) < 4.78 is 27.7. The first kappa shape index (κ1) is 14.4. The first-order chi connectivity index (χ1) is 9.13. The number of halogens is 2. The van der Waals surface area contributed by atoms with Crippen LogP contribution in [0.1, 0.15) is 38.3 Å². The maximum atomic E-state index is 13.8. The van der Waals surface area contributed by atoms with Gasteiger partial charge in [0.25, 0.3) is 0 Å². The number of likely N-dealkylation sites (N-methyl/N-ethyl adjacent to an activating group) is 1. The number of nitrogens with one attached hydrogen (secondary N) is 1. The van der Waals surface area contributed by atoms with E-state index >= 15 is 0 Å². The monoisotopic (exact) mass is 268 g/mol. The molecule has 2 rings (SSSR count). The summed E-state index contributed by atoms with van der Waals surface area (Å²) in [5.41, 5.74) is 0.183. The lowest BCUT2D eigenvalue weighted by molar-refractivity contribution is 0.195. The molecule has 1 heterocycles. The Hall–Kier alpha value is -1.00. The molecular formula is C15H22F2N2. The van der Waals surface area contributed by atoms with Gasteiger partial charge in [0, 0.05) is 24.2 Å². The second-order valence-electron chi connectivity index (χ2n) is 5.19. The van der Waals surface area contributed by atoms with Gasteiger partial charge in [-0.2, -0.15) is 0 Å². The van der Waals surface area contributed by atoms with E-state index in [2.05, 4.69) is 10.2 Å². The zero-order chi connectivity index (χ0) is 13.8. The van der Waals surface area contributed by atoms with Crippen LogP contribution in [0.15, 0.2) is 18.2 Å². The molecule has 1 N–H and O–H groups in total. The summed E-state index contributed by atoms with van der Waals surface area (Å²) >= 11 is 0. The molecule has 0 amide bonds. The first-order valence-corrected chi connectivity index (χ1v) is 7.04. The summed E-state index contributed by atoms with van der Waals surface area (Å²) in [4.78, 5) is 2.13. The molecule has 0 spiro atoms. The van der Waals surface area contributed by atoms with E-state index in [9.17, 15) is 8.78 Å². The molecular weight excluding hydrogens is 246 g/mol. The summed E-state index contributed by atoms with van der Waals surface area (Å²) in [6.45, 7) is 6.58. The van der Waals surface area contributed by atoms with Crippen LogP contribution >= 0.6 is 0 Å². The normalized spacial score (nSPS) is 21.0. The predicted octanol–water partition coefficient (Wildman–Crippen LogP) is 3.10. The van der Waals surface area contributed by atoms with Gasteiger partial charge in [-0.15, -0.1) is 0 Å². The fourth-order valence-electron chi connectivity index (χ4n) is 2.85. The molecule has 2 unspecified atom stereocenters. The third-order valence-corrected chi connectivity index (χ3v) is 3.99. The quantitative estimate of drug-likeness (QED) is 0.882. The second kappa shape index (κ2) is 6.44. The Labute approximate surface area is 113 Å². The molecule has 1 saturated heterocycles. The highest BCUT2D eigenvalue weighted by molar-refractivity contribution is 5.23. The summed E-state index contributed by atoms with van der Waals surface area (Å²) in [6, 6.07) is 4.27. The Kier molecular flexibility index (Phi) is 4.88. The van der Waals surface area contributed by atoms with Crippen LogP contribution in [-0.4, -0.2) is 30.6 Å². The van der Waals surface area contributed by atoms with Gasteiger partial charge < -0.3 is 5.32 Å². The number of benzene rings is 1. The van der Waals surface area contributed by atoms with E-state index in [4.69, 9.17) is 0 Å². The zero-order valence-electron chi connectivity index (χ0n) is 11.6. The lowest BCUT2D eigenvalue weighted by Gasteiger charge is -2.31. The minimum absolute atomic E-state index is 0.183. The third-order valence-electron chi connectivity index (χ3n) is 3.99. The van der Waals surface area contributed by atoms with Crippen LogP contribution in [0.3, 0.4) is 0 Å². The summed E-state index contributed by atoms with van der Waals surface area (Å²) in [5.74, 6) is -0.907. The van der Waals surface area contributed by atoms with E-state index in [0.29, 0.717) is 6.04 Å². The van der Waals surface area contributed by atoms with E-state index in [1.807, 2.05) is 13.8 Å². The first-order valence-electron chi connectivity index (χ1n) is 7.04. The molecule has 1 fully saturated rings. The predicted molar refractivity (Wildman–Crippen MR) is 73.0 cm³/mol. The maximum absolute atomic E-state index is 13.8. The standard InChI is InChI=1S/C15H22F2N2/c1-3-19(10-12-6-5-9-18-12)11(2)15-13(16)7-4-8-14(15)17/h4,7-8,11-12,18H,3,5-6,9-10H2,1-2H3. The Morgan fingerprint density at radius 2 is 2.05 bits per heavy atom. The molecule has 0 bridgehead atoms. The molecule has 1 aromatic rings. The highest BCUT2D eigenvalue weighted by atomic mass is 19.1. The Morgan fingerprint density at radius 3 is 2.58 bits per heavy atom. The SMILES string of the molecule is CCN(CC1CCCN1)C(C)c1c(F)cccc1F. The van der Waals surface area contributed by atoms with Crippen molar-refractivity contribution < 1.29 is 8.78 Å². The van der Waals surface area contributed by atoms with Crippen LogP contribution in [0.5, 0.6) is 0 Å². The van der Waals surface area contributed by atoms with E-state index in [0.717, 1.165) is 26.1 Å². The van der Waals surface area contributed by atoms with Crippen molar-refractivity contribution in [2.75, 3.05) is 19.6 Å². The zero-order valence-corrected chi connectivity index (χ0v) is 11.6. The number of nitrogens with zero attached hydrogens (tertiary/aromatic N) is 1. The van der Waals surface area contributed by atoms with Crippen molar-refractivity contribution in [3.05, 3.63) is 35.4 Å². The van der Waals surface area contributed by atoms with Crippen molar-refractivity contribution in [3.63, 3.8) is 0 Å². The molecule has 4 heteroatoms. The Morgan fingerprint density at radius 1 is 1.37 bits per heavy atom. The fraction of sp³-hybridized carbons (Fsp3) is 0.600. The number of hydrogen-bond donors (Lipinski definition) is 1. The molecule has 0 radical (unpaired) electrons. The number of hydrogen-bond acceptors (Lipinski definition) is 2. The van der Waals surface area contributed by atoms with Gasteiger partial charge in [0.15, 0.2) is 0 Å². The Bertz CT molecular complexity index is 396. The van der Waals surface area contributed by atoms with E-state index in [1.165, 1.54) is 24.6 Å². The molecule has 0 aromatic heterocycles. The van der Waals surface area contributed by atoms with Crippen molar-refractivity contribution in [1.29, 1.82) is 0 Å². The largest absolute Gasteiger partial charge is 0.313 e. The molecule has 2 atom stereocenters. The minimum Gasteiger partial charge on any atom is -0.313 e. The van der Waals surface area contributed by atoms with Crippen LogP contribution in [0, 0.1) is 11.6 Å². The van der Waals surface area contributed by atoms with Gasteiger partial charge in [-0.05, 0) is 45.0 Å². The summed E-state index contributed by atoms with van der Waals surface area (Å²) in [7, 11) is 0. The van der Waals surface area contributed by atoms with Crippen molar-refractivity contribution in [2.45, 2.75) is 38.8 Å². The van der Waals surface area contributed by atoms with Gasteiger partial charge in [-0.3, -0.25) is 4.90 Å². The lowest BCUT2D eigenvalue weighted by atomic mass is 10.0. The molecule has 19 heavy (non-hydrogen) atoms. The molecule has 0 aliphatic carbocycles. The third kappa shape index (κ3) is 3.31. The van der Waals surface area contributed by atoms with E-state index in [-0.39, 0.29) is 11.6 Å². The fourth-order valence-corrected chi connectivity index (χ4v) is 2.85. The van der Waals surface area contributed by atoms with Crippen molar-refractivity contribution in [1.82, 2.24) is 10.2 Å². The van der Waals surface area contributed by atoms with Crippen LogP contribution in [0.2, 0.25) is 0 Å². The van der Waals surface area contributed by atoms with Gasteiger partial charge in [0.1, 0.15) is 11.6 Å².